The van der Waals surface area contributed by atoms with E-state index in [-0.39, 0.29) is 11.9 Å². The minimum Gasteiger partial charge on any atom is -0.337 e. The van der Waals surface area contributed by atoms with E-state index in [0.717, 1.165) is 30.1 Å². The molecule has 3 nitrogen and oxygen atoms in total. The summed E-state index contributed by atoms with van der Waals surface area (Å²) in [5.41, 5.74) is 1.16. The molecule has 0 aromatic heterocycles. The van der Waals surface area contributed by atoms with Gasteiger partial charge in [-0.05, 0) is 38.0 Å². The number of amides is 1. The molecule has 0 aliphatic carbocycles. The average Bonchev–Trinajstić information content (AvgIpc) is 2.41. The van der Waals surface area contributed by atoms with Crippen LogP contribution in [0.25, 0.3) is 0 Å². The molecule has 0 spiro atoms. The summed E-state index contributed by atoms with van der Waals surface area (Å²) in [5.74, 6) is 0.246. The zero-order valence-electron chi connectivity index (χ0n) is 11.5. The van der Waals surface area contributed by atoms with Crippen LogP contribution in [0, 0.1) is 0 Å². The van der Waals surface area contributed by atoms with Gasteiger partial charge in [0.15, 0.2) is 0 Å². The summed E-state index contributed by atoms with van der Waals surface area (Å²) in [6, 6.07) is 8.35. The molecule has 2 unspecified atom stereocenters. The molecule has 0 radical (unpaired) electrons. The van der Waals surface area contributed by atoms with Crippen molar-refractivity contribution in [2.75, 3.05) is 13.1 Å². The number of hydrogen-bond acceptors (Lipinski definition) is 2. The highest BCUT2D eigenvalue weighted by atomic mass is 35.5. The van der Waals surface area contributed by atoms with Crippen LogP contribution in [-0.2, 0) is 11.2 Å². The number of hydrogen-bond donors (Lipinski definition) is 1. The van der Waals surface area contributed by atoms with Gasteiger partial charge in [0.1, 0.15) is 0 Å². The highest BCUT2D eigenvalue weighted by molar-refractivity contribution is 6.30. The molecule has 1 aromatic carbocycles. The average molecular weight is 281 g/mol. The van der Waals surface area contributed by atoms with E-state index in [2.05, 4.69) is 19.2 Å². The molecule has 1 aliphatic rings. The molecule has 1 N–H and O–H groups in total. The number of carbonyl (C=O) groups is 1. The largest absolute Gasteiger partial charge is 0.337 e. The lowest BCUT2D eigenvalue weighted by atomic mass is 10.0. The molecule has 1 saturated heterocycles. The smallest absolute Gasteiger partial charge is 0.223 e. The van der Waals surface area contributed by atoms with E-state index < -0.39 is 0 Å². The van der Waals surface area contributed by atoms with Gasteiger partial charge in [-0.25, -0.2) is 0 Å². The fourth-order valence-electron chi connectivity index (χ4n) is 2.45. The number of halogens is 1. The van der Waals surface area contributed by atoms with Crippen LogP contribution in [0.2, 0.25) is 5.02 Å². The topological polar surface area (TPSA) is 32.3 Å². The Labute approximate surface area is 119 Å². The predicted octanol–water partition coefficient (Wildman–Crippen LogP) is 2.48. The van der Waals surface area contributed by atoms with Gasteiger partial charge in [0.25, 0.3) is 0 Å². The van der Waals surface area contributed by atoms with Crippen molar-refractivity contribution in [3.63, 3.8) is 0 Å². The fraction of sp³-hybridized carbons (Fsp3) is 0.533. The maximum atomic E-state index is 12.3. The van der Waals surface area contributed by atoms with Crippen molar-refractivity contribution in [3.8, 4) is 0 Å². The second-order valence-electron chi connectivity index (χ2n) is 5.20. The van der Waals surface area contributed by atoms with Crippen molar-refractivity contribution in [2.24, 2.45) is 0 Å². The first-order chi connectivity index (χ1) is 9.08. The van der Waals surface area contributed by atoms with Crippen molar-refractivity contribution in [2.45, 2.75) is 38.8 Å². The number of rotatable bonds is 3. The molecule has 1 heterocycles. The van der Waals surface area contributed by atoms with Crippen LogP contribution in [0.3, 0.4) is 0 Å². The number of nitrogens with zero attached hydrogens (tertiary/aromatic N) is 1. The van der Waals surface area contributed by atoms with Crippen LogP contribution < -0.4 is 5.32 Å². The molecule has 1 aromatic rings. The molecule has 2 atom stereocenters. The normalized spacial score (nSPS) is 23.4. The molecule has 1 aliphatic heterocycles. The lowest BCUT2D eigenvalue weighted by molar-refractivity contribution is -0.134. The Hall–Kier alpha value is -1.06. The number of benzene rings is 1. The number of carbonyl (C=O) groups excluding carboxylic acids is 1. The maximum Gasteiger partial charge on any atom is 0.223 e. The Kier molecular flexibility index (Phi) is 4.83. The molecule has 4 heteroatoms. The number of nitrogens with one attached hydrogen (secondary N) is 1. The van der Waals surface area contributed by atoms with Crippen LogP contribution in [0.4, 0.5) is 0 Å². The maximum absolute atomic E-state index is 12.3. The van der Waals surface area contributed by atoms with Crippen molar-refractivity contribution >= 4 is 17.5 Å². The summed E-state index contributed by atoms with van der Waals surface area (Å²) in [4.78, 5) is 14.3. The monoisotopic (exact) mass is 280 g/mol. The Morgan fingerprint density at radius 1 is 1.37 bits per heavy atom. The lowest BCUT2D eigenvalue weighted by Crippen LogP contribution is -2.57. The minimum absolute atomic E-state index is 0.246. The van der Waals surface area contributed by atoms with Gasteiger partial charge in [-0.3, -0.25) is 4.79 Å². The van der Waals surface area contributed by atoms with E-state index >= 15 is 0 Å². The fourth-order valence-corrected chi connectivity index (χ4v) is 2.58. The third-order valence-electron chi connectivity index (χ3n) is 3.90. The summed E-state index contributed by atoms with van der Waals surface area (Å²) < 4.78 is 0. The van der Waals surface area contributed by atoms with Crippen molar-refractivity contribution in [1.29, 1.82) is 0 Å². The van der Waals surface area contributed by atoms with Gasteiger partial charge < -0.3 is 10.2 Å². The van der Waals surface area contributed by atoms with Crippen molar-refractivity contribution < 1.29 is 4.79 Å². The minimum atomic E-state index is 0.246. The Bertz CT molecular complexity index is 432. The molecular weight excluding hydrogens is 260 g/mol. The van der Waals surface area contributed by atoms with E-state index in [1.165, 1.54) is 0 Å². The molecule has 1 amide bonds. The Morgan fingerprint density at radius 3 is 2.74 bits per heavy atom. The van der Waals surface area contributed by atoms with E-state index in [0.29, 0.717) is 12.5 Å². The summed E-state index contributed by atoms with van der Waals surface area (Å²) in [6.07, 6.45) is 1.35. The van der Waals surface area contributed by atoms with Gasteiger partial charge in [-0.2, -0.15) is 0 Å². The summed E-state index contributed by atoms with van der Waals surface area (Å²) in [7, 11) is 0. The van der Waals surface area contributed by atoms with Gasteiger partial charge in [0.2, 0.25) is 5.91 Å². The Morgan fingerprint density at radius 2 is 2.05 bits per heavy atom. The summed E-state index contributed by atoms with van der Waals surface area (Å²) >= 11 is 5.85. The number of piperazine rings is 1. The highest BCUT2D eigenvalue weighted by Gasteiger charge is 2.27. The first-order valence-corrected chi connectivity index (χ1v) is 7.23. The molecule has 104 valence electrons. The van der Waals surface area contributed by atoms with Crippen LogP contribution >= 0.6 is 11.6 Å². The third-order valence-corrected chi connectivity index (χ3v) is 4.15. The quantitative estimate of drug-likeness (QED) is 0.923. The van der Waals surface area contributed by atoms with Gasteiger partial charge in [-0.1, -0.05) is 23.7 Å². The molecule has 0 saturated carbocycles. The van der Waals surface area contributed by atoms with Gasteiger partial charge in [0, 0.05) is 36.6 Å². The van der Waals surface area contributed by atoms with Crippen molar-refractivity contribution in [3.05, 3.63) is 34.9 Å². The van der Waals surface area contributed by atoms with E-state index in [1.54, 1.807) is 0 Å². The second-order valence-corrected chi connectivity index (χ2v) is 5.63. The predicted molar refractivity (Wildman–Crippen MR) is 78.4 cm³/mol. The zero-order valence-corrected chi connectivity index (χ0v) is 12.3. The third kappa shape index (κ3) is 3.71. The van der Waals surface area contributed by atoms with E-state index in [1.807, 2.05) is 29.2 Å². The summed E-state index contributed by atoms with van der Waals surface area (Å²) in [6.45, 7) is 5.93. The van der Waals surface area contributed by atoms with Gasteiger partial charge in [0.05, 0.1) is 0 Å². The standard InChI is InChI=1S/C15H21ClN2O/c1-11-12(2)18(10-9-17-11)15(19)8-5-13-3-6-14(16)7-4-13/h3-4,6-7,11-12,17H,5,8-10H2,1-2H3. The van der Waals surface area contributed by atoms with Crippen LogP contribution in [-0.4, -0.2) is 36.0 Å². The molecule has 19 heavy (non-hydrogen) atoms. The van der Waals surface area contributed by atoms with Gasteiger partial charge in [-0.15, -0.1) is 0 Å². The Balaban J connectivity index is 1.88. The molecular formula is C15H21ClN2O. The highest BCUT2D eigenvalue weighted by Crippen LogP contribution is 2.14. The van der Waals surface area contributed by atoms with E-state index in [9.17, 15) is 4.79 Å². The molecule has 0 bridgehead atoms. The first-order valence-electron chi connectivity index (χ1n) is 6.85. The first kappa shape index (κ1) is 14.4. The van der Waals surface area contributed by atoms with Gasteiger partial charge >= 0.3 is 0 Å². The SMILES string of the molecule is CC1NCCN(C(=O)CCc2ccc(Cl)cc2)C1C. The van der Waals surface area contributed by atoms with E-state index in [4.69, 9.17) is 11.6 Å². The zero-order chi connectivity index (χ0) is 13.8. The van der Waals surface area contributed by atoms with Crippen molar-refractivity contribution in [1.82, 2.24) is 10.2 Å². The molecule has 2 rings (SSSR count). The van der Waals surface area contributed by atoms with Crippen LogP contribution in [0.1, 0.15) is 25.8 Å². The second kappa shape index (κ2) is 6.40. The van der Waals surface area contributed by atoms with Crippen LogP contribution in [0.5, 0.6) is 0 Å². The number of aryl methyl sites for hydroxylation is 1. The summed E-state index contributed by atoms with van der Waals surface area (Å²) in [5, 5.41) is 4.12. The lowest BCUT2D eigenvalue weighted by Gasteiger charge is -2.38. The van der Waals surface area contributed by atoms with Crippen LogP contribution in [0.15, 0.2) is 24.3 Å². The molecule has 1 fully saturated rings.